The molecule has 0 unspecified atom stereocenters. The summed E-state index contributed by atoms with van der Waals surface area (Å²) in [4.78, 5) is 18.1. The van der Waals surface area contributed by atoms with E-state index in [-0.39, 0.29) is 5.56 Å². The van der Waals surface area contributed by atoms with E-state index in [1.807, 2.05) is 42.5 Å². The van der Waals surface area contributed by atoms with Gasteiger partial charge in [-0.3, -0.25) is 4.79 Å². The van der Waals surface area contributed by atoms with Crippen molar-refractivity contribution in [1.82, 2.24) is 19.3 Å². The first-order chi connectivity index (χ1) is 16.2. The molecule has 0 spiro atoms. The second-order valence-corrected chi connectivity index (χ2v) is 8.95. The Morgan fingerprint density at radius 3 is 2.82 bits per heavy atom. The first kappa shape index (κ1) is 21.3. The fourth-order valence-corrected chi connectivity index (χ4v) is 5.01. The molecule has 3 aliphatic rings. The number of ether oxygens (including phenoxy) is 1. The Kier molecular flexibility index (Phi) is 6.13. The molecule has 0 amide bonds. The Labute approximate surface area is 196 Å². The van der Waals surface area contributed by atoms with Crippen LogP contribution in [0.1, 0.15) is 30.5 Å². The van der Waals surface area contributed by atoms with Gasteiger partial charge >= 0.3 is 0 Å². The average molecular weight is 458 g/mol. The molecule has 2 aromatic carbocycles. The van der Waals surface area contributed by atoms with Crippen LogP contribution in [0.25, 0.3) is 17.1 Å². The number of para-hydroxylation sites is 1. The van der Waals surface area contributed by atoms with Gasteiger partial charge in [0.15, 0.2) is 11.0 Å². The van der Waals surface area contributed by atoms with Crippen LogP contribution in [-0.4, -0.2) is 31.7 Å². The molecule has 0 aromatic heterocycles. The fraction of sp³-hybridized carbons (Fsp3) is 0.280. The summed E-state index contributed by atoms with van der Waals surface area (Å²) in [7, 11) is 0. The molecule has 3 heterocycles. The summed E-state index contributed by atoms with van der Waals surface area (Å²) in [5.41, 5.74) is 2.89. The quantitative estimate of drug-likeness (QED) is 0.244. The normalized spacial score (nSPS) is 13.3. The Bertz CT molecular complexity index is 1340. The summed E-state index contributed by atoms with van der Waals surface area (Å²) < 4.78 is 9.49. The molecule has 33 heavy (non-hydrogen) atoms. The molecule has 5 rings (SSSR count). The predicted molar refractivity (Wildman–Crippen MR) is 127 cm³/mol. The number of nitriles is 1. The lowest BCUT2D eigenvalue weighted by atomic mass is 10.1. The molecule has 8 heteroatoms. The molecule has 0 fully saturated rings. The molecule has 0 saturated carbocycles. The van der Waals surface area contributed by atoms with E-state index in [2.05, 4.69) is 15.7 Å². The zero-order valence-corrected chi connectivity index (χ0v) is 18.9. The largest absolute Gasteiger partial charge is 0.493 e. The van der Waals surface area contributed by atoms with E-state index in [0.29, 0.717) is 35.1 Å². The van der Waals surface area contributed by atoms with Gasteiger partial charge in [0.05, 0.1) is 23.9 Å². The molecule has 0 atom stereocenters. The SMILES string of the molecule is N#Cc1cccc(OCCSc2nc3nn(-c4ccccc4)c(=O)c-3c3n2CCCCC3)c1. The van der Waals surface area contributed by atoms with Gasteiger partial charge in [0.1, 0.15) is 11.3 Å². The highest BCUT2D eigenvalue weighted by atomic mass is 32.2. The molecule has 0 N–H and O–H groups in total. The van der Waals surface area contributed by atoms with Crippen LogP contribution in [-0.2, 0) is 13.0 Å². The number of benzene rings is 2. The van der Waals surface area contributed by atoms with E-state index in [4.69, 9.17) is 15.0 Å². The Morgan fingerprint density at radius 1 is 1.09 bits per heavy atom. The van der Waals surface area contributed by atoms with Crippen molar-refractivity contribution >= 4 is 11.8 Å². The van der Waals surface area contributed by atoms with Crippen molar-refractivity contribution < 1.29 is 4.74 Å². The van der Waals surface area contributed by atoms with Crippen molar-refractivity contribution in [2.45, 2.75) is 37.4 Å². The fourth-order valence-electron chi connectivity index (χ4n) is 4.16. The van der Waals surface area contributed by atoms with Gasteiger partial charge in [-0.2, -0.15) is 9.94 Å². The molecule has 0 saturated heterocycles. The maximum Gasteiger partial charge on any atom is 0.284 e. The third-order valence-corrected chi connectivity index (χ3v) is 6.65. The van der Waals surface area contributed by atoms with E-state index in [9.17, 15) is 4.79 Å². The van der Waals surface area contributed by atoms with Crippen LogP contribution in [0, 0.1) is 11.3 Å². The number of hydrogen-bond donors (Lipinski definition) is 0. The average Bonchev–Trinajstić information content (AvgIpc) is 3.02. The molecule has 2 aromatic rings. The highest BCUT2D eigenvalue weighted by Gasteiger charge is 2.27. The lowest BCUT2D eigenvalue weighted by Gasteiger charge is -2.17. The molecule has 0 aliphatic carbocycles. The van der Waals surface area contributed by atoms with E-state index in [1.165, 1.54) is 4.68 Å². The molecule has 0 bridgehead atoms. The standard InChI is InChI=1S/C25H23N5O2S/c26-17-18-8-7-11-20(16-18)32-14-15-33-25-27-23-22(21-12-5-2-6-13-29(21)25)24(31)30(28-23)19-9-3-1-4-10-19/h1,3-4,7-11,16H,2,5-6,12-15H2. The minimum Gasteiger partial charge on any atom is -0.493 e. The van der Waals surface area contributed by atoms with Gasteiger partial charge in [0.25, 0.3) is 5.56 Å². The van der Waals surface area contributed by atoms with Gasteiger partial charge in [-0.25, -0.2) is 4.98 Å². The van der Waals surface area contributed by atoms with Crippen molar-refractivity contribution in [3.8, 4) is 28.9 Å². The maximum atomic E-state index is 13.3. The smallest absolute Gasteiger partial charge is 0.284 e. The third kappa shape index (κ3) is 4.37. The zero-order chi connectivity index (χ0) is 22.6. The monoisotopic (exact) mass is 457 g/mol. The Hall–Kier alpha value is -3.57. The van der Waals surface area contributed by atoms with E-state index in [0.717, 1.165) is 48.8 Å². The highest BCUT2D eigenvalue weighted by molar-refractivity contribution is 7.99. The minimum atomic E-state index is -0.105. The van der Waals surface area contributed by atoms with Gasteiger partial charge < -0.3 is 9.30 Å². The molecule has 3 aliphatic heterocycles. The molecular weight excluding hydrogens is 434 g/mol. The lowest BCUT2D eigenvalue weighted by Crippen LogP contribution is -2.19. The van der Waals surface area contributed by atoms with Gasteiger partial charge in [0, 0.05) is 18.0 Å². The van der Waals surface area contributed by atoms with Crippen LogP contribution in [0.4, 0.5) is 0 Å². The van der Waals surface area contributed by atoms with Crippen molar-refractivity contribution in [2.75, 3.05) is 12.4 Å². The van der Waals surface area contributed by atoms with Gasteiger partial charge in [-0.1, -0.05) is 42.4 Å². The van der Waals surface area contributed by atoms with E-state index >= 15 is 0 Å². The van der Waals surface area contributed by atoms with Crippen LogP contribution >= 0.6 is 11.8 Å². The summed E-state index contributed by atoms with van der Waals surface area (Å²) in [6.45, 7) is 1.33. The summed E-state index contributed by atoms with van der Waals surface area (Å²) in [5.74, 6) is 1.88. The summed E-state index contributed by atoms with van der Waals surface area (Å²) >= 11 is 1.61. The first-order valence-corrected chi connectivity index (χ1v) is 12.1. The number of fused-ring (bicyclic) bond motifs is 3. The number of hydrogen-bond acceptors (Lipinski definition) is 6. The van der Waals surface area contributed by atoms with Crippen LogP contribution < -0.4 is 10.3 Å². The maximum absolute atomic E-state index is 13.3. The zero-order valence-electron chi connectivity index (χ0n) is 18.1. The van der Waals surface area contributed by atoms with Crippen LogP contribution in [0.2, 0.25) is 0 Å². The lowest BCUT2D eigenvalue weighted by molar-refractivity contribution is 0.343. The van der Waals surface area contributed by atoms with Crippen LogP contribution in [0.3, 0.4) is 0 Å². The Morgan fingerprint density at radius 2 is 1.97 bits per heavy atom. The first-order valence-electron chi connectivity index (χ1n) is 11.1. The van der Waals surface area contributed by atoms with Crippen LogP contribution in [0.15, 0.2) is 64.5 Å². The van der Waals surface area contributed by atoms with Crippen molar-refractivity contribution in [1.29, 1.82) is 5.26 Å². The van der Waals surface area contributed by atoms with E-state index < -0.39 is 0 Å². The molecule has 0 radical (unpaired) electrons. The van der Waals surface area contributed by atoms with Crippen LogP contribution in [0.5, 0.6) is 5.75 Å². The third-order valence-electron chi connectivity index (χ3n) is 5.71. The second-order valence-electron chi connectivity index (χ2n) is 7.89. The predicted octanol–water partition coefficient (Wildman–Crippen LogP) is 4.30. The number of rotatable bonds is 6. The molecular formula is C25H23N5O2S. The van der Waals surface area contributed by atoms with Crippen molar-refractivity contribution in [2.24, 2.45) is 0 Å². The molecule has 7 nitrogen and oxygen atoms in total. The van der Waals surface area contributed by atoms with Gasteiger partial charge in [-0.05, 0) is 49.6 Å². The minimum absolute atomic E-state index is 0.105. The summed E-state index contributed by atoms with van der Waals surface area (Å²) in [5, 5.41) is 14.5. The Balaban J connectivity index is 1.43. The van der Waals surface area contributed by atoms with Crippen molar-refractivity contribution in [3.05, 3.63) is 76.2 Å². The number of nitrogens with zero attached hydrogens (tertiary/aromatic N) is 5. The van der Waals surface area contributed by atoms with Gasteiger partial charge in [0.2, 0.25) is 0 Å². The number of aromatic nitrogens is 4. The molecule has 166 valence electrons. The summed E-state index contributed by atoms with van der Waals surface area (Å²) in [6.07, 6.45) is 4.10. The van der Waals surface area contributed by atoms with E-state index in [1.54, 1.807) is 23.9 Å². The summed E-state index contributed by atoms with van der Waals surface area (Å²) in [6, 6.07) is 18.8. The second kappa shape index (κ2) is 9.51. The highest BCUT2D eigenvalue weighted by Crippen LogP contribution is 2.30. The van der Waals surface area contributed by atoms with Crippen molar-refractivity contribution in [3.63, 3.8) is 0 Å². The topological polar surface area (TPSA) is 85.7 Å². The number of thioether (sulfide) groups is 1. The van der Waals surface area contributed by atoms with Gasteiger partial charge in [-0.15, -0.1) is 5.10 Å².